The summed E-state index contributed by atoms with van der Waals surface area (Å²) in [6, 6.07) is 25.3. The van der Waals surface area contributed by atoms with Crippen LogP contribution in [0.15, 0.2) is 94.8 Å². The second kappa shape index (κ2) is 6.96. The van der Waals surface area contributed by atoms with Crippen molar-refractivity contribution in [1.29, 1.82) is 0 Å². The number of hydrogen-bond acceptors (Lipinski definition) is 4. The Balaban J connectivity index is 1.46. The molecule has 0 unspecified atom stereocenters. The van der Waals surface area contributed by atoms with Crippen LogP contribution >= 0.6 is 15.9 Å². The van der Waals surface area contributed by atoms with Gasteiger partial charge in [0.15, 0.2) is 0 Å². The summed E-state index contributed by atoms with van der Waals surface area (Å²) in [6.07, 6.45) is 4.17. The fourth-order valence-corrected chi connectivity index (χ4v) is 4.73. The lowest BCUT2D eigenvalue weighted by Crippen LogP contribution is -2.33. The van der Waals surface area contributed by atoms with Gasteiger partial charge < -0.3 is 4.74 Å². The van der Waals surface area contributed by atoms with Crippen LogP contribution in [0.2, 0.25) is 0 Å². The molecule has 146 valence electrons. The lowest BCUT2D eigenvalue weighted by atomic mass is 9.95. The lowest BCUT2D eigenvalue weighted by Gasteiger charge is -2.38. The van der Waals surface area contributed by atoms with Crippen molar-refractivity contribution in [3.63, 3.8) is 0 Å². The normalized spacial score (nSPS) is 19.8. The highest BCUT2D eigenvalue weighted by Gasteiger charge is 2.41. The molecule has 0 saturated carbocycles. The highest BCUT2D eigenvalue weighted by atomic mass is 79.9. The zero-order valence-electron chi connectivity index (χ0n) is 16.1. The van der Waals surface area contributed by atoms with Crippen molar-refractivity contribution >= 4 is 32.4 Å². The second-order valence-electron chi connectivity index (χ2n) is 7.64. The predicted molar refractivity (Wildman–Crippen MR) is 121 cm³/mol. The van der Waals surface area contributed by atoms with Gasteiger partial charge in [-0.3, -0.25) is 4.98 Å². The summed E-state index contributed by atoms with van der Waals surface area (Å²) < 4.78 is 7.46. The van der Waals surface area contributed by atoms with Crippen molar-refractivity contribution < 1.29 is 4.74 Å². The third-order valence-corrected chi connectivity index (χ3v) is 6.32. The molecule has 3 heterocycles. The molecule has 3 aromatic carbocycles. The molecule has 30 heavy (non-hydrogen) atoms. The van der Waals surface area contributed by atoms with E-state index in [0.717, 1.165) is 39.0 Å². The van der Waals surface area contributed by atoms with Crippen LogP contribution in [-0.4, -0.2) is 15.7 Å². The van der Waals surface area contributed by atoms with Gasteiger partial charge in [0.2, 0.25) is 6.23 Å². The molecule has 2 atom stereocenters. The minimum atomic E-state index is -0.273. The lowest BCUT2D eigenvalue weighted by molar-refractivity contribution is -0.0191. The minimum Gasteiger partial charge on any atom is -0.464 e. The Hall–Kier alpha value is -3.18. The Kier molecular flexibility index (Phi) is 4.09. The summed E-state index contributed by atoms with van der Waals surface area (Å²) in [6.45, 7) is 0. The zero-order chi connectivity index (χ0) is 20.1. The summed E-state index contributed by atoms with van der Waals surface area (Å²) in [4.78, 5) is 4.16. The number of pyridine rings is 1. The van der Waals surface area contributed by atoms with Gasteiger partial charge in [-0.15, -0.1) is 0 Å². The van der Waals surface area contributed by atoms with Crippen molar-refractivity contribution in [2.75, 3.05) is 0 Å². The number of nitrogens with zero attached hydrogens (tertiary/aromatic N) is 3. The minimum absolute atomic E-state index is 0.130. The van der Waals surface area contributed by atoms with Crippen LogP contribution < -0.4 is 4.74 Å². The molecule has 0 fully saturated rings. The Bertz CT molecular complexity index is 1290. The molecule has 0 aliphatic carbocycles. The van der Waals surface area contributed by atoms with Gasteiger partial charge in [0, 0.05) is 34.4 Å². The SMILES string of the molecule is Brc1ccc2c(c1)[C@@H]1CC(c3ccc4ccccc4c3)=NN1[C@@H](c1ccncc1)O2. The van der Waals surface area contributed by atoms with Gasteiger partial charge in [-0.1, -0.05) is 52.3 Å². The van der Waals surface area contributed by atoms with E-state index < -0.39 is 0 Å². The predicted octanol–water partition coefficient (Wildman–Crippen LogP) is 6.24. The van der Waals surface area contributed by atoms with E-state index >= 15 is 0 Å². The molecule has 0 bridgehead atoms. The largest absolute Gasteiger partial charge is 0.464 e. The highest BCUT2D eigenvalue weighted by Crippen LogP contribution is 2.48. The molecule has 0 N–H and O–H groups in total. The van der Waals surface area contributed by atoms with Crippen molar-refractivity contribution in [1.82, 2.24) is 9.99 Å². The number of hydrazone groups is 1. The quantitative estimate of drug-likeness (QED) is 0.359. The van der Waals surface area contributed by atoms with Crippen LogP contribution in [0.4, 0.5) is 0 Å². The molecule has 6 rings (SSSR count). The van der Waals surface area contributed by atoms with Gasteiger partial charge in [-0.2, -0.15) is 5.10 Å². The van der Waals surface area contributed by atoms with Gasteiger partial charge in [-0.25, -0.2) is 5.01 Å². The van der Waals surface area contributed by atoms with Crippen LogP contribution in [0.1, 0.15) is 35.4 Å². The van der Waals surface area contributed by atoms with Gasteiger partial charge in [0.1, 0.15) is 5.75 Å². The summed E-state index contributed by atoms with van der Waals surface area (Å²) in [5, 5.41) is 9.64. The van der Waals surface area contributed by atoms with E-state index in [2.05, 4.69) is 74.5 Å². The maximum Gasteiger partial charge on any atom is 0.213 e. The van der Waals surface area contributed by atoms with E-state index in [1.54, 1.807) is 12.4 Å². The molecule has 2 aliphatic rings. The Morgan fingerprint density at radius 2 is 1.73 bits per heavy atom. The molecular weight excluding hydrogens is 438 g/mol. The van der Waals surface area contributed by atoms with Crippen molar-refractivity contribution in [2.45, 2.75) is 18.7 Å². The van der Waals surface area contributed by atoms with E-state index in [-0.39, 0.29) is 12.3 Å². The number of benzene rings is 3. The monoisotopic (exact) mass is 455 g/mol. The molecule has 0 saturated heterocycles. The van der Waals surface area contributed by atoms with Gasteiger partial charge >= 0.3 is 0 Å². The number of ether oxygens (including phenoxy) is 1. The topological polar surface area (TPSA) is 37.7 Å². The van der Waals surface area contributed by atoms with E-state index in [0.29, 0.717) is 0 Å². The molecule has 2 aliphatic heterocycles. The fourth-order valence-electron chi connectivity index (χ4n) is 4.35. The van der Waals surface area contributed by atoms with E-state index in [1.807, 2.05) is 24.3 Å². The first-order valence-corrected chi connectivity index (χ1v) is 10.8. The number of fused-ring (bicyclic) bond motifs is 4. The van der Waals surface area contributed by atoms with Gasteiger partial charge in [-0.05, 0) is 52.7 Å². The molecule has 4 aromatic rings. The molecule has 4 nitrogen and oxygen atoms in total. The third-order valence-electron chi connectivity index (χ3n) is 5.83. The maximum atomic E-state index is 6.41. The Labute approximate surface area is 183 Å². The van der Waals surface area contributed by atoms with Crippen LogP contribution in [0, 0.1) is 0 Å². The summed E-state index contributed by atoms with van der Waals surface area (Å²) >= 11 is 3.61. The standard InChI is InChI=1S/C25H18BrN3O/c26-20-7-8-24-21(14-20)23-15-22(19-6-5-16-3-1-2-4-18(16)13-19)28-29(23)25(30-24)17-9-11-27-12-10-17/h1-14,23,25H,15H2/t23-,25+/m0/s1. The smallest absolute Gasteiger partial charge is 0.213 e. The average Bonchev–Trinajstić information content (AvgIpc) is 3.25. The number of hydrogen-bond donors (Lipinski definition) is 0. The third kappa shape index (κ3) is 2.89. The summed E-state index contributed by atoms with van der Waals surface area (Å²) in [5.41, 5.74) is 4.45. The van der Waals surface area contributed by atoms with Crippen LogP contribution in [-0.2, 0) is 0 Å². The van der Waals surface area contributed by atoms with E-state index in [1.165, 1.54) is 10.8 Å². The number of aromatic nitrogens is 1. The van der Waals surface area contributed by atoms with Crippen molar-refractivity contribution in [3.8, 4) is 5.75 Å². The number of rotatable bonds is 2. The van der Waals surface area contributed by atoms with Gasteiger partial charge in [0.25, 0.3) is 0 Å². The van der Waals surface area contributed by atoms with Crippen LogP contribution in [0.25, 0.3) is 10.8 Å². The maximum absolute atomic E-state index is 6.41. The van der Waals surface area contributed by atoms with Crippen molar-refractivity contribution in [2.24, 2.45) is 5.10 Å². The van der Waals surface area contributed by atoms with Crippen LogP contribution in [0.5, 0.6) is 5.75 Å². The molecule has 0 amide bonds. The first kappa shape index (κ1) is 17.7. The molecule has 5 heteroatoms. The Morgan fingerprint density at radius 3 is 2.60 bits per heavy atom. The first-order valence-electron chi connectivity index (χ1n) is 9.97. The fraction of sp³-hybridized carbons (Fsp3) is 0.120. The molecule has 1 aromatic heterocycles. The number of halogens is 1. The summed E-state index contributed by atoms with van der Waals surface area (Å²) in [7, 11) is 0. The Morgan fingerprint density at radius 1 is 0.900 bits per heavy atom. The van der Waals surface area contributed by atoms with Gasteiger partial charge in [0.05, 0.1) is 11.8 Å². The first-order chi connectivity index (χ1) is 14.8. The highest BCUT2D eigenvalue weighted by molar-refractivity contribution is 9.10. The van der Waals surface area contributed by atoms with E-state index in [4.69, 9.17) is 9.84 Å². The second-order valence-corrected chi connectivity index (χ2v) is 8.56. The van der Waals surface area contributed by atoms with Crippen molar-refractivity contribution in [3.05, 3.63) is 106 Å². The van der Waals surface area contributed by atoms with E-state index in [9.17, 15) is 0 Å². The molecule has 0 radical (unpaired) electrons. The van der Waals surface area contributed by atoms with Crippen LogP contribution in [0.3, 0.4) is 0 Å². The zero-order valence-corrected chi connectivity index (χ0v) is 17.7. The average molecular weight is 456 g/mol. The summed E-state index contributed by atoms with van der Waals surface area (Å²) in [5.74, 6) is 0.913. The molecule has 0 spiro atoms. The molecular formula is C25H18BrN3O.